The van der Waals surface area contributed by atoms with Gasteiger partial charge in [-0.2, -0.15) is 0 Å². The number of nitrogens with one attached hydrogen (secondary N) is 1. The molecule has 0 aromatic heterocycles. The van der Waals surface area contributed by atoms with Crippen LogP contribution < -0.4 is 11.1 Å². The fourth-order valence-corrected chi connectivity index (χ4v) is 1.33. The highest BCUT2D eigenvalue weighted by atomic mass is 16.4. The maximum Gasteiger partial charge on any atom is 0.320 e. The van der Waals surface area contributed by atoms with Crippen molar-refractivity contribution in [3.63, 3.8) is 0 Å². The average molecular weight is 246 g/mol. The average Bonchev–Trinajstić information content (AvgIpc) is 2.13. The van der Waals surface area contributed by atoms with Crippen LogP contribution in [0, 0.1) is 0 Å². The molecule has 17 heavy (non-hydrogen) atoms. The first-order chi connectivity index (χ1) is 7.72. The fraction of sp³-hybridized carbons (Fsp3) is 0.818. The first-order valence-electron chi connectivity index (χ1n) is 5.78. The standard InChI is InChI=1S/C11H23N3O3/c1-14(2,3)8-10(15)13-7-5-4-6-9(12)11(16)17/h9H,4-8,12H2,1-3H3,(H-,13,15,16,17)/p+1. The number of aliphatic carboxylic acids is 1. The summed E-state index contributed by atoms with van der Waals surface area (Å²) in [6, 6.07) is -0.794. The summed E-state index contributed by atoms with van der Waals surface area (Å²) in [6.45, 7) is 1.01. The zero-order chi connectivity index (χ0) is 13.5. The molecule has 6 heteroatoms. The highest BCUT2D eigenvalue weighted by Gasteiger charge is 2.13. The molecule has 1 atom stereocenters. The van der Waals surface area contributed by atoms with Crippen LogP contribution in [-0.4, -0.2) is 61.7 Å². The molecule has 100 valence electrons. The van der Waals surface area contributed by atoms with Crippen molar-refractivity contribution < 1.29 is 19.2 Å². The van der Waals surface area contributed by atoms with Crippen molar-refractivity contribution in [2.75, 3.05) is 34.2 Å². The number of carboxylic acids is 1. The van der Waals surface area contributed by atoms with Gasteiger partial charge in [0, 0.05) is 6.54 Å². The van der Waals surface area contributed by atoms with Crippen molar-refractivity contribution in [3.8, 4) is 0 Å². The number of carbonyl (C=O) groups excluding carboxylic acids is 1. The Bertz CT molecular complexity index is 261. The number of nitrogens with two attached hydrogens (primary N) is 1. The summed E-state index contributed by atoms with van der Waals surface area (Å²) in [6.07, 6.45) is 1.91. The van der Waals surface area contributed by atoms with Crippen LogP contribution in [0.3, 0.4) is 0 Å². The lowest BCUT2D eigenvalue weighted by atomic mass is 10.1. The van der Waals surface area contributed by atoms with Crippen LogP contribution in [0.4, 0.5) is 0 Å². The van der Waals surface area contributed by atoms with E-state index in [0.717, 1.165) is 6.42 Å². The Balaban J connectivity index is 3.52. The smallest absolute Gasteiger partial charge is 0.320 e. The molecular weight excluding hydrogens is 222 g/mol. The Labute approximate surface area is 102 Å². The zero-order valence-corrected chi connectivity index (χ0v) is 10.9. The van der Waals surface area contributed by atoms with Gasteiger partial charge >= 0.3 is 5.97 Å². The predicted molar refractivity (Wildman–Crippen MR) is 65.4 cm³/mol. The number of hydrogen-bond donors (Lipinski definition) is 3. The van der Waals surface area contributed by atoms with E-state index in [2.05, 4.69) is 5.32 Å². The Morgan fingerprint density at radius 3 is 2.35 bits per heavy atom. The van der Waals surface area contributed by atoms with Gasteiger partial charge in [-0.3, -0.25) is 9.59 Å². The molecule has 4 N–H and O–H groups in total. The monoisotopic (exact) mass is 246 g/mol. The molecule has 0 saturated carbocycles. The van der Waals surface area contributed by atoms with Crippen LogP contribution in [-0.2, 0) is 9.59 Å². The summed E-state index contributed by atoms with van der Waals surface area (Å²) in [5, 5.41) is 11.4. The molecule has 0 aliphatic heterocycles. The third-order valence-corrected chi connectivity index (χ3v) is 2.20. The van der Waals surface area contributed by atoms with E-state index >= 15 is 0 Å². The fourth-order valence-electron chi connectivity index (χ4n) is 1.33. The first-order valence-corrected chi connectivity index (χ1v) is 5.78. The first kappa shape index (κ1) is 15.9. The van der Waals surface area contributed by atoms with Gasteiger partial charge in [0.15, 0.2) is 6.54 Å². The summed E-state index contributed by atoms with van der Waals surface area (Å²) in [5.74, 6) is -0.959. The minimum atomic E-state index is -0.973. The number of rotatable bonds is 8. The number of likely N-dealkylation sites (N-methyl/N-ethyl adjacent to an activating group) is 1. The lowest BCUT2D eigenvalue weighted by Crippen LogP contribution is -2.44. The van der Waals surface area contributed by atoms with E-state index in [4.69, 9.17) is 10.8 Å². The van der Waals surface area contributed by atoms with Gasteiger partial charge in [0.05, 0.1) is 21.1 Å². The van der Waals surface area contributed by atoms with Crippen molar-refractivity contribution in [2.24, 2.45) is 5.73 Å². The van der Waals surface area contributed by atoms with Crippen LogP contribution in [0.5, 0.6) is 0 Å². The highest BCUT2D eigenvalue weighted by Crippen LogP contribution is 1.98. The van der Waals surface area contributed by atoms with Gasteiger partial charge in [-0.25, -0.2) is 0 Å². The minimum absolute atomic E-state index is 0.0139. The Morgan fingerprint density at radius 1 is 1.29 bits per heavy atom. The highest BCUT2D eigenvalue weighted by molar-refractivity contribution is 5.77. The molecule has 0 fully saturated rings. The summed E-state index contributed by atoms with van der Waals surface area (Å²) in [5.41, 5.74) is 5.35. The molecule has 0 aromatic rings. The Morgan fingerprint density at radius 2 is 1.88 bits per heavy atom. The van der Waals surface area contributed by atoms with E-state index in [9.17, 15) is 9.59 Å². The number of amides is 1. The van der Waals surface area contributed by atoms with Crippen LogP contribution in [0.15, 0.2) is 0 Å². The second kappa shape index (κ2) is 7.24. The quantitative estimate of drug-likeness (QED) is 0.393. The third kappa shape index (κ3) is 9.77. The van der Waals surface area contributed by atoms with Gasteiger partial charge in [0.2, 0.25) is 0 Å². The van der Waals surface area contributed by atoms with E-state index < -0.39 is 12.0 Å². The summed E-state index contributed by atoms with van der Waals surface area (Å²) in [7, 11) is 5.85. The number of quaternary nitrogens is 1. The van der Waals surface area contributed by atoms with Gasteiger partial charge in [-0.1, -0.05) is 0 Å². The van der Waals surface area contributed by atoms with Crippen LogP contribution in [0.25, 0.3) is 0 Å². The SMILES string of the molecule is C[N+](C)(C)CC(=O)NCCCCC(N)C(=O)O. The molecule has 0 bridgehead atoms. The molecule has 0 aliphatic carbocycles. The van der Waals surface area contributed by atoms with Gasteiger partial charge in [-0.15, -0.1) is 0 Å². The van der Waals surface area contributed by atoms with Gasteiger partial charge in [-0.05, 0) is 19.3 Å². The van der Waals surface area contributed by atoms with Crippen LogP contribution >= 0.6 is 0 Å². The molecule has 6 nitrogen and oxygen atoms in total. The van der Waals surface area contributed by atoms with Crippen molar-refractivity contribution >= 4 is 11.9 Å². The molecule has 0 aliphatic rings. The maximum atomic E-state index is 11.4. The molecular formula is C11H24N3O3+. The normalized spacial score (nSPS) is 13.2. The number of unbranched alkanes of at least 4 members (excludes halogenated alkanes) is 1. The van der Waals surface area contributed by atoms with Crippen LogP contribution in [0.1, 0.15) is 19.3 Å². The summed E-state index contributed by atoms with van der Waals surface area (Å²) < 4.78 is 0.593. The number of carboxylic acid groups (broad SMARTS) is 1. The Kier molecular flexibility index (Phi) is 6.75. The minimum Gasteiger partial charge on any atom is -0.480 e. The van der Waals surface area contributed by atoms with E-state index in [1.807, 2.05) is 21.1 Å². The van der Waals surface area contributed by atoms with Crippen molar-refractivity contribution in [1.82, 2.24) is 5.32 Å². The molecule has 0 aromatic carbocycles. The van der Waals surface area contributed by atoms with E-state index in [0.29, 0.717) is 30.4 Å². The molecule has 0 spiro atoms. The molecule has 1 unspecified atom stereocenters. The van der Waals surface area contributed by atoms with Crippen molar-refractivity contribution in [3.05, 3.63) is 0 Å². The summed E-state index contributed by atoms with van der Waals surface area (Å²) >= 11 is 0. The third-order valence-electron chi connectivity index (χ3n) is 2.20. The van der Waals surface area contributed by atoms with Crippen molar-refractivity contribution in [2.45, 2.75) is 25.3 Å². The number of carbonyl (C=O) groups is 2. The van der Waals surface area contributed by atoms with Crippen molar-refractivity contribution in [1.29, 1.82) is 0 Å². The maximum absolute atomic E-state index is 11.4. The molecule has 0 heterocycles. The molecule has 1 amide bonds. The topological polar surface area (TPSA) is 92.4 Å². The lowest BCUT2D eigenvalue weighted by Gasteiger charge is -2.22. The largest absolute Gasteiger partial charge is 0.480 e. The van der Waals surface area contributed by atoms with Gasteiger partial charge in [0.1, 0.15) is 6.04 Å². The zero-order valence-electron chi connectivity index (χ0n) is 10.9. The predicted octanol–water partition coefficient (Wildman–Crippen LogP) is -0.609. The lowest BCUT2D eigenvalue weighted by molar-refractivity contribution is -0.862. The molecule has 0 radical (unpaired) electrons. The second-order valence-corrected chi connectivity index (χ2v) is 5.24. The number of hydrogen-bond acceptors (Lipinski definition) is 3. The van der Waals surface area contributed by atoms with E-state index in [-0.39, 0.29) is 5.91 Å². The summed E-state index contributed by atoms with van der Waals surface area (Å²) in [4.78, 5) is 21.8. The molecule has 0 rings (SSSR count). The molecule has 0 saturated heterocycles. The Hall–Kier alpha value is -1.14. The van der Waals surface area contributed by atoms with E-state index in [1.54, 1.807) is 0 Å². The number of nitrogens with zero attached hydrogens (tertiary/aromatic N) is 1. The van der Waals surface area contributed by atoms with Gasteiger partial charge in [0.25, 0.3) is 5.91 Å². The van der Waals surface area contributed by atoms with E-state index in [1.165, 1.54) is 0 Å². The second-order valence-electron chi connectivity index (χ2n) is 5.24. The van der Waals surface area contributed by atoms with Gasteiger partial charge < -0.3 is 20.6 Å². The van der Waals surface area contributed by atoms with Crippen LogP contribution in [0.2, 0.25) is 0 Å².